The molecule has 0 bridgehead atoms. The average molecular weight is 442 g/mol. The smallest absolute Gasteiger partial charge is 0.259 e. The highest BCUT2D eigenvalue weighted by atomic mass is 16.5. The number of hydrogen-bond acceptors (Lipinski definition) is 5. The van der Waals surface area contributed by atoms with Crippen LogP contribution in [0.2, 0.25) is 0 Å². The summed E-state index contributed by atoms with van der Waals surface area (Å²) in [6, 6.07) is 1.36. The first-order valence-electron chi connectivity index (χ1n) is 11.5. The van der Waals surface area contributed by atoms with Gasteiger partial charge in [-0.15, -0.1) is 0 Å². The summed E-state index contributed by atoms with van der Waals surface area (Å²) < 4.78 is 6.24. The lowest BCUT2D eigenvalue weighted by atomic mass is 9.99. The summed E-state index contributed by atoms with van der Waals surface area (Å²) in [4.78, 5) is 33.8. The second-order valence-electron chi connectivity index (χ2n) is 9.55. The number of rotatable bonds is 6. The number of likely N-dealkylation sites (N-methyl/N-ethyl adjacent to an activating group) is 1. The zero-order valence-corrected chi connectivity index (χ0v) is 19.8. The van der Waals surface area contributed by atoms with Gasteiger partial charge in [-0.3, -0.25) is 9.59 Å². The van der Waals surface area contributed by atoms with Crippen molar-refractivity contribution in [3.63, 3.8) is 0 Å². The number of aliphatic hydroxyl groups is 1. The number of hydrogen-bond donors (Lipinski definition) is 1. The minimum Gasteiger partial charge on any atom is -0.472 e. The SMILES string of the molecule is CC(C)C#Cc1cnc2c(c1)C(=O)N([C@@H](C)CO)C[C@H](C)[C@@H](CN(C)C(=O)CC1CC1)O2. The number of amides is 2. The van der Waals surface area contributed by atoms with Crippen LogP contribution >= 0.6 is 0 Å². The predicted octanol–water partition coefficient (Wildman–Crippen LogP) is 2.57. The molecule has 0 saturated heterocycles. The Labute approximate surface area is 191 Å². The number of fused-ring (bicyclic) bond motifs is 1. The van der Waals surface area contributed by atoms with E-state index in [1.165, 1.54) is 0 Å². The third-order valence-electron chi connectivity index (χ3n) is 6.07. The number of nitrogens with zero attached hydrogens (tertiary/aromatic N) is 3. The Morgan fingerprint density at radius 1 is 1.38 bits per heavy atom. The largest absolute Gasteiger partial charge is 0.472 e. The number of carbonyl (C=O) groups is 2. The Kier molecular flexibility index (Phi) is 7.78. The number of aromatic nitrogens is 1. The standard InChI is InChI=1S/C25H35N3O4/c1-16(2)6-7-20-10-21-24(26-12-20)32-22(14-27(5)23(30)11-19-8-9-19)17(3)13-28(25(21)31)18(4)15-29/h10,12,16-19,22,29H,8-9,11,13-15H2,1-5H3/t17-,18-,22+/m0/s1. The lowest BCUT2D eigenvalue weighted by Crippen LogP contribution is -2.50. The van der Waals surface area contributed by atoms with Crippen LogP contribution in [0.1, 0.15) is 62.9 Å². The monoisotopic (exact) mass is 441 g/mol. The van der Waals surface area contributed by atoms with Crippen molar-refractivity contribution in [2.75, 3.05) is 26.7 Å². The van der Waals surface area contributed by atoms with E-state index in [4.69, 9.17) is 4.74 Å². The highest BCUT2D eigenvalue weighted by Gasteiger charge is 2.35. The van der Waals surface area contributed by atoms with E-state index >= 15 is 0 Å². The first kappa shape index (κ1) is 24.1. The highest BCUT2D eigenvalue weighted by molar-refractivity contribution is 5.97. The van der Waals surface area contributed by atoms with Crippen LogP contribution in [0.4, 0.5) is 0 Å². The maximum Gasteiger partial charge on any atom is 0.259 e. The summed E-state index contributed by atoms with van der Waals surface area (Å²) in [6.45, 7) is 8.51. The molecule has 0 aromatic carbocycles. The first-order chi connectivity index (χ1) is 15.2. The molecule has 0 unspecified atom stereocenters. The van der Waals surface area contributed by atoms with Crippen molar-refractivity contribution >= 4 is 11.8 Å². The molecule has 1 N–H and O–H groups in total. The van der Waals surface area contributed by atoms with Gasteiger partial charge in [-0.05, 0) is 31.7 Å². The van der Waals surface area contributed by atoms with Crippen molar-refractivity contribution in [1.82, 2.24) is 14.8 Å². The van der Waals surface area contributed by atoms with E-state index in [1.807, 2.05) is 27.7 Å². The van der Waals surface area contributed by atoms with Crippen molar-refractivity contribution in [2.45, 2.75) is 59.1 Å². The maximum absolute atomic E-state index is 13.4. The summed E-state index contributed by atoms with van der Waals surface area (Å²) in [5.74, 6) is 6.95. The van der Waals surface area contributed by atoms with Gasteiger partial charge in [0.1, 0.15) is 11.7 Å². The van der Waals surface area contributed by atoms with Gasteiger partial charge >= 0.3 is 0 Å². The molecule has 32 heavy (non-hydrogen) atoms. The van der Waals surface area contributed by atoms with E-state index in [0.29, 0.717) is 36.6 Å². The molecule has 3 rings (SSSR count). The fourth-order valence-corrected chi connectivity index (χ4v) is 3.71. The molecule has 1 aromatic rings. The van der Waals surface area contributed by atoms with Crippen molar-refractivity contribution in [2.24, 2.45) is 17.8 Å². The van der Waals surface area contributed by atoms with Crippen molar-refractivity contribution in [3.05, 3.63) is 23.4 Å². The Hall–Kier alpha value is -2.59. The van der Waals surface area contributed by atoms with Crippen LogP contribution < -0.4 is 4.74 Å². The van der Waals surface area contributed by atoms with Crippen LogP contribution in [0.25, 0.3) is 0 Å². The van der Waals surface area contributed by atoms with Crippen molar-refractivity contribution in [3.8, 4) is 17.7 Å². The van der Waals surface area contributed by atoms with Gasteiger partial charge in [0.05, 0.1) is 19.2 Å². The number of aliphatic hydroxyl groups excluding tert-OH is 1. The topological polar surface area (TPSA) is 83.0 Å². The van der Waals surface area contributed by atoms with Gasteiger partial charge in [0.2, 0.25) is 11.8 Å². The maximum atomic E-state index is 13.4. The molecule has 7 heteroatoms. The lowest BCUT2D eigenvalue weighted by Gasteiger charge is -2.37. The molecule has 2 amide bonds. The minimum absolute atomic E-state index is 0.0560. The molecule has 1 saturated carbocycles. The number of pyridine rings is 1. The normalized spacial score (nSPS) is 21.6. The minimum atomic E-state index is -0.351. The van der Waals surface area contributed by atoms with Gasteiger partial charge in [0.15, 0.2) is 0 Å². The van der Waals surface area contributed by atoms with Crippen molar-refractivity contribution < 1.29 is 19.4 Å². The molecule has 2 heterocycles. The number of carbonyl (C=O) groups excluding carboxylic acids is 2. The van der Waals surface area contributed by atoms with E-state index in [9.17, 15) is 14.7 Å². The molecular formula is C25H35N3O4. The third-order valence-corrected chi connectivity index (χ3v) is 6.07. The molecule has 0 radical (unpaired) electrons. The van der Waals surface area contributed by atoms with Gasteiger partial charge in [0, 0.05) is 43.6 Å². The van der Waals surface area contributed by atoms with Gasteiger partial charge in [-0.25, -0.2) is 4.98 Å². The van der Waals surface area contributed by atoms with E-state index in [2.05, 4.69) is 16.8 Å². The average Bonchev–Trinajstić information content (AvgIpc) is 3.58. The van der Waals surface area contributed by atoms with Crippen LogP contribution in [0.3, 0.4) is 0 Å². The zero-order chi connectivity index (χ0) is 23.4. The Balaban J connectivity index is 1.91. The van der Waals surface area contributed by atoms with Crippen molar-refractivity contribution in [1.29, 1.82) is 0 Å². The first-order valence-corrected chi connectivity index (χ1v) is 11.5. The summed E-state index contributed by atoms with van der Waals surface area (Å²) in [5, 5.41) is 9.76. The summed E-state index contributed by atoms with van der Waals surface area (Å²) in [7, 11) is 1.80. The van der Waals surface area contributed by atoms with Gasteiger partial charge in [-0.2, -0.15) is 0 Å². The fraction of sp³-hybridized carbons (Fsp3) is 0.640. The van der Waals surface area contributed by atoms with Gasteiger partial charge in [0.25, 0.3) is 5.91 Å². The molecule has 0 spiro atoms. The predicted molar refractivity (Wildman–Crippen MR) is 122 cm³/mol. The van der Waals surface area contributed by atoms with Crippen LogP contribution in [0.5, 0.6) is 5.88 Å². The molecule has 1 aromatic heterocycles. The van der Waals surface area contributed by atoms with Crippen LogP contribution in [0, 0.1) is 29.6 Å². The second kappa shape index (κ2) is 10.4. The van der Waals surface area contributed by atoms with E-state index in [-0.39, 0.29) is 48.3 Å². The van der Waals surface area contributed by atoms with Crippen LogP contribution in [-0.2, 0) is 4.79 Å². The molecule has 7 nitrogen and oxygen atoms in total. The highest BCUT2D eigenvalue weighted by Crippen LogP contribution is 2.33. The van der Waals surface area contributed by atoms with E-state index in [1.54, 1.807) is 29.1 Å². The Morgan fingerprint density at radius 2 is 2.09 bits per heavy atom. The van der Waals surface area contributed by atoms with Gasteiger partial charge in [-0.1, -0.05) is 32.6 Å². The summed E-state index contributed by atoms with van der Waals surface area (Å²) in [5.41, 5.74) is 0.984. The summed E-state index contributed by atoms with van der Waals surface area (Å²) >= 11 is 0. The lowest BCUT2D eigenvalue weighted by molar-refractivity contribution is -0.131. The molecule has 1 aliphatic heterocycles. The molecule has 2 aliphatic rings. The quantitative estimate of drug-likeness (QED) is 0.686. The van der Waals surface area contributed by atoms with Crippen LogP contribution in [-0.4, -0.2) is 70.6 Å². The third kappa shape index (κ3) is 6.01. The fourth-order valence-electron chi connectivity index (χ4n) is 3.71. The molecule has 1 fully saturated rings. The van der Waals surface area contributed by atoms with E-state index in [0.717, 1.165) is 12.8 Å². The molecule has 3 atom stereocenters. The van der Waals surface area contributed by atoms with Gasteiger partial charge < -0.3 is 19.6 Å². The second-order valence-corrected chi connectivity index (χ2v) is 9.55. The Morgan fingerprint density at radius 3 is 2.72 bits per heavy atom. The number of ether oxygens (including phenoxy) is 1. The Bertz CT molecular complexity index is 900. The van der Waals surface area contributed by atoms with E-state index < -0.39 is 0 Å². The molecular weight excluding hydrogens is 406 g/mol. The molecule has 174 valence electrons. The molecule has 1 aliphatic carbocycles. The zero-order valence-electron chi connectivity index (χ0n) is 19.8. The van der Waals surface area contributed by atoms with Crippen LogP contribution in [0.15, 0.2) is 12.3 Å². The summed E-state index contributed by atoms with van der Waals surface area (Å²) in [6.07, 6.45) is 4.13.